The Bertz CT molecular complexity index is 200. The predicted octanol–water partition coefficient (Wildman–Crippen LogP) is 0.816. The van der Waals surface area contributed by atoms with Crippen LogP contribution in [0.5, 0.6) is 0 Å². The van der Waals surface area contributed by atoms with Crippen molar-refractivity contribution >= 4 is 5.91 Å². The monoisotopic (exact) mass is 229 g/mol. The topological polar surface area (TPSA) is 69.6 Å². The zero-order valence-electron chi connectivity index (χ0n) is 9.82. The lowest BCUT2D eigenvalue weighted by molar-refractivity contribution is -0.126. The molecule has 16 heavy (non-hydrogen) atoms. The zero-order valence-corrected chi connectivity index (χ0v) is 9.82. The highest BCUT2D eigenvalue weighted by atomic mass is 16.3. The van der Waals surface area contributed by atoms with Crippen LogP contribution < -0.4 is 5.32 Å². The van der Waals surface area contributed by atoms with Gasteiger partial charge in [-0.1, -0.05) is 32.1 Å². The van der Waals surface area contributed by atoms with Crippen LogP contribution in [0.1, 0.15) is 44.9 Å². The second-order valence-corrected chi connectivity index (χ2v) is 4.62. The molecule has 0 aliphatic heterocycles. The van der Waals surface area contributed by atoms with Crippen LogP contribution in [-0.4, -0.2) is 35.4 Å². The molecule has 4 nitrogen and oxygen atoms in total. The molecule has 0 heterocycles. The highest BCUT2D eigenvalue weighted by Gasteiger charge is 2.19. The van der Waals surface area contributed by atoms with Gasteiger partial charge >= 0.3 is 0 Å². The van der Waals surface area contributed by atoms with Gasteiger partial charge in [0.05, 0.1) is 12.7 Å². The lowest BCUT2D eigenvalue weighted by atomic mass is 9.90. The van der Waals surface area contributed by atoms with Crippen molar-refractivity contribution in [2.24, 2.45) is 5.92 Å². The van der Waals surface area contributed by atoms with Crippen LogP contribution in [0.15, 0.2) is 0 Å². The third kappa shape index (κ3) is 4.94. The molecule has 0 spiro atoms. The van der Waals surface area contributed by atoms with Crippen molar-refractivity contribution in [1.29, 1.82) is 0 Å². The first-order chi connectivity index (χ1) is 7.74. The minimum atomic E-state index is -0.836. The molecule has 1 saturated carbocycles. The largest absolute Gasteiger partial charge is 0.394 e. The molecular weight excluding hydrogens is 206 g/mol. The van der Waals surface area contributed by atoms with E-state index in [1.165, 1.54) is 19.3 Å². The van der Waals surface area contributed by atoms with Crippen LogP contribution in [-0.2, 0) is 4.79 Å². The summed E-state index contributed by atoms with van der Waals surface area (Å²) in [5.41, 5.74) is 0. The molecule has 1 aliphatic rings. The Hall–Kier alpha value is -0.610. The number of carbonyl (C=O) groups excluding carboxylic acids is 1. The molecule has 1 atom stereocenters. The van der Waals surface area contributed by atoms with E-state index < -0.39 is 6.10 Å². The summed E-state index contributed by atoms with van der Waals surface area (Å²) in [6, 6.07) is 0. The van der Waals surface area contributed by atoms with Gasteiger partial charge in [0.15, 0.2) is 0 Å². The van der Waals surface area contributed by atoms with Gasteiger partial charge < -0.3 is 15.5 Å². The van der Waals surface area contributed by atoms with Gasteiger partial charge in [0.1, 0.15) is 0 Å². The molecule has 4 heteroatoms. The van der Waals surface area contributed by atoms with Crippen LogP contribution in [0.3, 0.4) is 0 Å². The van der Waals surface area contributed by atoms with Gasteiger partial charge in [0.25, 0.3) is 0 Å². The Balaban J connectivity index is 2.27. The van der Waals surface area contributed by atoms with Gasteiger partial charge in [-0.25, -0.2) is 0 Å². The molecule has 94 valence electrons. The maximum Gasteiger partial charge on any atom is 0.223 e. The molecule has 0 aromatic carbocycles. The smallest absolute Gasteiger partial charge is 0.223 e. The molecule has 0 aromatic heterocycles. The zero-order chi connectivity index (χ0) is 11.8. The summed E-state index contributed by atoms with van der Waals surface area (Å²) in [7, 11) is 0. The number of amides is 1. The number of aliphatic hydroxyl groups is 2. The van der Waals surface area contributed by atoms with E-state index in [2.05, 4.69) is 5.32 Å². The summed E-state index contributed by atoms with van der Waals surface area (Å²) >= 11 is 0. The third-order valence-electron chi connectivity index (χ3n) is 3.20. The Morgan fingerprint density at radius 2 is 1.75 bits per heavy atom. The average molecular weight is 229 g/mol. The molecule has 0 bridgehead atoms. The number of aliphatic hydroxyl groups excluding tert-OH is 2. The summed E-state index contributed by atoms with van der Waals surface area (Å²) in [6.07, 6.45) is 7.07. The highest BCUT2D eigenvalue weighted by Crippen LogP contribution is 2.22. The Kier molecular flexibility index (Phi) is 6.42. The average Bonchev–Trinajstić information content (AvgIpc) is 2.25. The van der Waals surface area contributed by atoms with E-state index in [9.17, 15) is 4.79 Å². The molecule has 0 radical (unpaired) electrons. The third-order valence-corrected chi connectivity index (χ3v) is 3.20. The molecule has 1 unspecified atom stereocenters. The van der Waals surface area contributed by atoms with E-state index in [4.69, 9.17) is 10.2 Å². The first kappa shape index (κ1) is 13.5. The molecule has 3 N–H and O–H groups in total. The van der Waals surface area contributed by atoms with Crippen LogP contribution in [0.2, 0.25) is 0 Å². The second kappa shape index (κ2) is 7.63. The lowest BCUT2D eigenvalue weighted by Gasteiger charge is -2.19. The van der Waals surface area contributed by atoms with Crippen molar-refractivity contribution in [2.45, 2.75) is 51.0 Å². The fourth-order valence-electron chi connectivity index (χ4n) is 2.15. The first-order valence-electron chi connectivity index (χ1n) is 6.30. The van der Waals surface area contributed by atoms with Crippen molar-refractivity contribution in [3.05, 3.63) is 0 Å². The molecule has 0 aromatic rings. The SMILES string of the molecule is O=C(NCC(O)CO)C1CCCCCCC1. The van der Waals surface area contributed by atoms with Crippen molar-refractivity contribution in [1.82, 2.24) is 5.32 Å². The Morgan fingerprint density at radius 3 is 2.31 bits per heavy atom. The van der Waals surface area contributed by atoms with Gasteiger partial charge in [-0.05, 0) is 12.8 Å². The summed E-state index contributed by atoms with van der Waals surface area (Å²) in [4.78, 5) is 11.8. The van der Waals surface area contributed by atoms with Crippen LogP contribution >= 0.6 is 0 Å². The van der Waals surface area contributed by atoms with Crippen molar-refractivity contribution in [3.8, 4) is 0 Å². The van der Waals surface area contributed by atoms with Crippen LogP contribution in [0.25, 0.3) is 0 Å². The normalized spacial score (nSPS) is 20.9. The van der Waals surface area contributed by atoms with Crippen molar-refractivity contribution in [3.63, 3.8) is 0 Å². The maximum atomic E-state index is 11.8. The molecule has 1 amide bonds. The summed E-state index contributed by atoms with van der Waals surface area (Å²) < 4.78 is 0. The highest BCUT2D eigenvalue weighted by molar-refractivity contribution is 5.78. The number of rotatable bonds is 4. The predicted molar refractivity (Wildman–Crippen MR) is 61.9 cm³/mol. The summed E-state index contributed by atoms with van der Waals surface area (Å²) in [5, 5.41) is 20.5. The van der Waals surface area contributed by atoms with Gasteiger partial charge in [0, 0.05) is 12.5 Å². The Morgan fingerprint density at radius 1 is 1.19 bits per heavy atom. The van der Waals surface area contributed by atoms with E-state index >= 15 is 0 Å². The van der Waals surface area contributed by atoms with Gasteiger partial charge in [-0.3, -0.25) is 4.79 Å². The summed E-state index contributed by atoms with van der Waals surface area (Å²) in [5.74, 6) is 0.139. The number of hydrogen-bond donors (Lipinski definition) is 3. The van der Waals surface area contributed by atoms with E-state index in [1.807, 2.05) is 0 Å². The number of carbonyl (C=O) groups is 1. The Labute approximate surface area is 97.0 Å². The van der Waals surface area contributed by atoms with Gasteiger partial charge in [0.2, 0.25) is 5.91 Å². The van der Waals surface area contributed by atoms with E-state index in [0.29, 0.717) is 0 Å². The van der Waals surface area contributed by atoms with Gasteiger partial charge in [-0.2, -0.15) is 0 Å². The number of nitrogens with one attached hydrogen (secondary N) is 1. The van der Waals surface area contributed by atoms with Crippen LogP contribution in [0, 0.1) is 5.92 Å². The van der Waals surface area contributed by atoms with E-state index in [1.54, 1.807) is 0 Å². The quantitative estimate of drug-likeness (QED) is 0.668. The molecule has 1 aliphatic carbocycles. The molecule has 1 fully saturated rings. The fourth-order valence-corrected chi connectivity index (χ4v) is 2.15. The minimum Gasteiger partial charge on any atom is -0.394 e. The van der Waals surface area contributed by atoms with E-state index in [-0.39, 0.29) is 25.0 Å². The molecule has 1 rings (SSSR count). The molecular formula is C12H23NO3. The standard InChI is InChI=1S/C12H23NO3/c14-9-11(15)8-13-12(16)10-6-4-2-1-3-5-7-10/h10-11,14-15H,1-9H2,(H,13,16). The second-order valence-electron chi connectivity index (χ2n) is 4.62. The molecule has 0 saturated heterocycles. The minimum absolute atomic E-state index is 0.0365. The van der Waals surface area contributed by atoms with Gasteiger partial charge in [-0.15, -0.1) is 0 Å². The van der Waals surface area contributed by atoms with Crippen molar-refractivity contribution < 1.29 is 15.0 Å². The first-order valence-corrected chi connectivity index (χ1v) is 6.30. The van der Waals surface area contributed by atoms with Crippen LogP contribution in [0.4, 0.5) is 0 Å². The number of hydrogen-bond acceptors (Lipinski definition) is 3. The summed E-state index contributed by atoms with van der Waals surface area (Å²) in [6.45, 7) is -0.142. The van der Waals surface area contributed by atoms with E-state index in [0.717, 1.165) is 25.7 Å². The lowest BCUT2D eigenvalue weighted by Crippen LogP contribution is -2.37. The maximum absolute atomic E-state index is 11.8. The van der Waals surface area contributed by atoms with Crippen molar-refractivity contribution in [2.75, 3.05) is 13.2 Å². The fraction of sp³-hybridized carbons (Fsp3) is 0.917.